The van der Waals surface area contributed by atoms with E-state index in [1.807, 2.05) is 18.9 Å². The second kappa shape index (κ2) is 15.3. The zero-order chi connectivity index (χ0) is 41.2. The molecular weight excluding hydrogens is 771 g/mol. The van der Waals surface area contributed by atoms with Crippen LogP contribution in [0.5, 0.6) is 5.88 Å². The van der Waals surface area contributed by atoms with Gasteiger partial charge in [0.1, 0.15) is 11.6 Å². The third kappa shape index (κ3) is 7.24. The first-order valence-corrected chi connectivity index (χ1v) is 21.1. The highest BCUT2D eigenvalue weighted by Crippen LogP contribution is 2.44. The molecule has 16 heteroatoms. The Hall–Kier alpha value is -5.90. The van der Waals surface area contributed by atoms with E-state index < -0.39 is 29.4 Å². The quantitative estimate of drug-likeness (QED) is 0.227. The Kier molecular flexibility index (Phi) is 9.76. The lowest BCUT2D eigenvalue weighted by atomic mass is 9.89. The van der Waals surface area contributed by atoms with Gasteiger partial charge in [-0.15, -0.1) is 0 Å². The maximum atomic E-state index is 15.3. The highest BCUT2D eigenvalue weighted by Gasteiger charge is 2.38. The minimum absolute atomic E-state index is 0.0584. The van der Waals surface area contributed by atoms with Crippen molar-refractivity contribution in [3.05, 3.63) is 77.1 Å². The Labute approximate surface area is 345 Å². The van der Waals surface area contributed by atoms with Crippen molar-refractivity contribution in [2.75, 3.05) is 61.0 Å². The van der Waals surface area contributed by atoms with Gasteiger partial charge in [-0.05, 0) is 93.3 Å². The lowest BCUT2D eigenvalue weighted by Gasteiger charge is -2.44. The Balaban J connectivity index is 0.815. The molecule has 60 heavy (non-hydrogen) atoms. The molecule has 0 unspecified atom stereocenters. The first-order chi connectivity index (χ1) is 29.1. The van der Waals surface area contributed by atoms with Crippen LogP contribution in [0.25, 0.3) is 22.3 Å². The second-order valence-corrected chi connectivity index (χ2v) is 17.0. The number of imidazole rings is 1. The lowest BCUT2D eigenvalue weighted by molar-refractivity contribution is -0.134. The van der Waals surface area contributed by atoms with E-state index in [2.05, 4.69) is 48.3 Å². The molecule has 3 amide bonds. The summed E-state index contributed by atoms with van der Waals surface area (Å²) in [4.78, 5) is 54.4. The molecule has 2 aromatic carbocycles. The van der Waals surface area contributed by atoms with Crippen LogP contribution >= 0.6 is 0 Å². The number of halogens is 2. The number of piperidine rings is 2. The molecule has 5 aliphatic rings. The monoisotopic (exact) mass is 818 g/mol. The Morgan fingerprint density at radius 2 is 1.58 bits per heavy atom. The van der Waals surface area contributed by atoms with Crippen molar-refractivity contribution in [3.8, 4) is 17.1 Å². The van der Waals surface area contributed by atoms with Crippen LogP contribution in [-0.2, 0) is 23.2 Å². The number of nitrogens with zero attached hydrogens (tertiary/aromatic N) is 8. The molecule has 2 bridgehead atoms. The molecule has 2 N–H and O–H groups in total. The van der Waals surface area contributed by atoms with E-state index in [1.54, 1.807) is 23.0 Å². The van der Waals surface area contributed by atoms with Crippen LogP contribution in [0.1, 0.15) is 66.1 Å². The van der Waals surface area contributed by atoms with Gasteiger partial charge in [-0.3, -0.25) is 34.9 Å². The van der Waals surface area contributed by atoms with Gasteiger partial charge in [0, 0.05) is 93.5 Å². The summed E-state index contributed by atoms with van der Waals surface area (Å²) in [5.41, 5.74) is 5.74. The van der Waals surface area contributed by atoms with Crippen molar-refractivity contribution in [1.29, 1.82) is 0 Å². The second-order valence-electron chi connectivity index (χ2n) is 17.0. The van der Waals surface area contributed by atoms with Crippen LogP contribution in [0.15, 0.2) is 48.7 Å². The first-order valence-electron chi connectivity index (χ1n) is 21.1. The van der Waals surface area contributed by atoms with Gasteiger partial charge in [0.25, 0.3) is 5.91 Å². The molecule has 312 valence electrons. The Bertz CT molecular complexity index is 2500. The van der Waals surface area contributed by atoms with E-state index in [1.165, 1.54) is 12.1 Å². The van der Waals surface area contributed by atoms with Gasteiger partial charge in [-0.1, -0.05) is 0 Å². The van der Waals surface area contributed by atoms with Gasteiger partial charge in [0.05, 0.1) is 41.0 Å². The number of imide groups is 1. The average molecular weight is 819 g/mol. The molecule has 0 radical (unpaired) electrons. The van der Waals surface area contributed by atoms with Gasteiger partial charge in [0.2, 0.25) is 23.6 Å². The Morgan fingerprint density at radius 1 is 0.817 bits per heavy atom. The van der Waals surface area contributed by atoms with E-state index in [0.717, 1.165) is 80.7 Å². The summed E-state index contributed by atoms with van der Waals surface area (Å²) in [5, 5.41) is 9.77. The summed E-state index contributed by atoms with van der Waals surface area (Å²) in [6.45, 7) is 8.03. The number of ether oxygens (including phenoxy) is 1. The van der Waals surface area contributed by atoms with Crippen molar-refractivity contribution in [2.24, 2.45) is 18.9 Å². The van der Waals surface area contributed by atoms with E-state index in [4.69, 9.17) is 14.7 Å². The van der Waals surface area contributed by atoms with Gasteiger partial charge in [0.15, 0.2) is 0 Å². The molecule has 14 nitrogen and oxygen atoms in total. The van der Waals surface area contributed by atoms with Gasteiger partial charge in [-0.2, -0.15) is 5.10 Å². The number of hydrogen-bond acceptors (Lipinski definition) is 10. The van der Waals surface area contributed by atoms with Crippen molar-refractivity contribution in [1.82, 2.24) is 34.5 Å². The molecule has 1 aliphatic carbocycles. The minimum Gasteiger partial charge on any atom is -0.477 e. The largest absolute Gasteiger partial charge is 0.477 e. The number of benzene rings is 2. The number of amides is 3. The normalized spacial score (nSPS) is 22.9. The predicted molar refractivity (Wildman–Crippen MR) is 221 cm³/mol. The number of fused-ring (bicyclic) bond motifs is 8. The fraction of sp³-hybridized carbons (Fsp3) is 0.455. The third-order valence-corrected chi connectivity index (χ3v) is 13.2. The molecule has 3 aromatic heterocycles. The summed E-state index contributed by atoms with van der Waals surface area (Å²) in [6.07, 6.45) is 5.63. The van der Waals surface area contributed by atoms with Gasteiger partial charge >= 0.3 is 0 Å². The maximum Gasteiger partial charge on any atom is 0.258 e. The van der Waals surface area contributed by atoms with Crippen LogP contribution in [0.4, 0.5) is 26.1 Å². The minimum atomic E-state index is -1.01. The molecule has 10 rings (SSSR count). The Morgan fingerprint density at radius 3 is 2.35 bits per heavy atom. The number of carbonyl (C=O) groups is 3. The van der Waals surface area contributed by atoms with Crippen LogP contribution in [0, 0.1) is 30.4 Å². The molecule has 4 fully saturated rings. The SMILES string of the molecule is Cc1cc2cc(n1)-c1cnn(C)c1OCC[C@@H]1C[C@H]1Cn1c(nc3ccc(N4CCN(C5CCN(c6cc(F)c([C@H]7CCC(=O)NC7=O)c(F)c6)CC5)CC4)cc31)NC2=O. The molecular formula is C44H48F2N10O4. The topological polar surface area (TPSA) is 143 Å². The average Bonchev–Trinajstić information content (AvgIpc) is 3.75. The van der Waals surface area contributed by atoms with Crippen molar-refractivity contribution in [3.63, 3.8) is 0 Å². The zero-order valence-electron chi connectivity index (χ0n) is 33.8. The maximum absolute atomic E-state index is 15.3. The summed E-state index contributed by atoms with van der Waals surface area (Å²) in [7, 11) is 1.85. The molecule has 7 heterocycles. The van der Waals surface area contributed by atoms with Gasteiger partial charge < -0.3 is 19.1 Å². The summed E-state index contributed by atoms with van der Waals surface area (Å²) < 4.78 is 40.8. The summed E-state index contributed by atoms with van der Waals surface area (Å²) >= 11 is 0. The number of rotatable bonds is 4. The number of pyridine rings is 1. The highest BCUT2D eigenvalue weighted by molar-refractivity contribution is 6.05. The number of aromatic nitrogens is 5. The predicted octanol–water partition coefficient (Wildman–Crippen LogP) is 5.40. The highest BCUT2D eigenvalue weighted by atomic mass is 19.1. The summed E-state index contributed by atoms with van der Waals surface area (Å²) in [6, 6.07) is 13.0. The van der Waals surface area contributed by atoms with Crippen molar-refractivity contribution in [2.45, 2.75) is 64.0 Å². The third-order valence-electron chi connectivity index (χ3n) is 13.2. The molecule has 5 aromatic rings. The van der Waals surface area contributed by atoms with Gasteiger partial charge in [-0.25, -0.2) is 18.4 Å². The van der Waals surface area contributed by atoms with Crippen molar-refractivity contribution < 1.29 is 27.9 Å². The van der Waals surface area contributed by atoms with E-state index in [9.17, 15) is 14.4 Å². The number of anilines is 3. The fourth-order valence-electron chi connectivity index (χ4n) is 9.79. The molecule has 3 atom stereocenters. The number of piperazine rings is 1. The van der Waals surface area contributed by atoms with E-state index >= 15 is 8.78 Å². The fourth-order valence-corrected chi connectivity index (χ4v) is 9.79. The number of carbonyl (C=O) groups excluding carboxylic acids is 3. The number of nitrogens with one attached hydrogen (secondary N) is 2. The molecule has 0 spiro atoms. The number of aryl methyl sites for hydroxylation is 2. The smallest absolute Gasteiger partial charge is 0.258 e. The first kappa shape index (κ1) is 38.3. The van der Waals surface area contributed by atoms with Crippen LogP contribution < -0.4 is 25.2 Å². The molecule has 1 saturated carbocycles. The van der Waals surface area contributed by atoms with E-state index in [0.29, 0.717) is 72.0 Å². The molecule has 4 aliphatic heterocycles. The van der Waals surface area contributed by atoms with Crippen LogP contribution in [-0.4, -0.2) is 98.9 Å². The van der Waals surface area contributed by atoms with Crippen molar-refractivity contribution >= 4 is 46.1 Å². The zero-order valence-corrected chi connectivity index (χ0v) is 33.8. The van der Waals surface area contributed by atoms with Crippen LogP contribution in [0.3, 0.4) is 0 Å². The van der Waals surface area contributed by atoms with E-state index in [-0.39, 0.29) is 24.3 Å². The standard InChI is InChI=1S/C44H48F2N10O4/c1-25-17-27-19-37(48-25)33-23-47-52(2)43(33)60-16-9-26-18-28(26)24-56-38-22-30(3-5-36(38)49-44(56)51-41(27)58)55-14-12-54(13-15-55)29-7-10-53(11-8-29)31-20-34(45)40(35(46)21-31)32-4-6-39(57)50-42(32)59/h3,5,17,19-23,26,28-29,32H,4,6-16,18,24H2,1-2H3,(H,49,51,58)(H,50,57,59)/t26-,28+,32-/m1/s1. The molecule has 3 saturated heterocycles. The van der Waals surface area contributed by atoms with Crippen LogP contribution in [0.2, 0.25) is 0 Å². The summed E-state index contributed by atoms with van der Waals surface area (Å²) in [5.74, 6) is -1.71. The lowest BCUT2D eigenvalue weighted by Crippen LogP contribution is -2.53. The number of hydrogen-bond donors (Lipinski definition) is 2.